The second-order valence-electron chi connectivity index (χ2n) is 7.20. The highest BCUT2D eigenvalue weighted by Crippen LogP contribution is 2.33. The fraction of sp³-hybridized carbons (Fsp3) is 0.167. The SMILES string of the molecule is CC[C@H](C(=O)Nc1c(-c2cccc(F)c2F)nc2cc(C)ccn12)c1ccccc1. The Morgan fingerprint density at radius 1 is 1.10 bits per heavy atom. The fourth-order valence-electron chi connectivity index (χ4n) is 3.60. The van der Waals surface area contributed by atoms with E-state index in [9.17, 15) is 13.6 Å². The van der Waals surface area contributed by atoms with Gasteiger partial charge in [0.25, 0.3) is 0 Å². The van der Waals surface area contributed by atoms with Gasteiger partial charge in [-0.3, -0.25) is 9.20 Å². The zero-order valence-corrected chi connectivity index (χ0v) is 16.7. The number of anilines is 1. The molecule has 0 bridgehead atoms. The van der Waals surface area contributed by atoms with Crippen molar-refractivity contribution >= 4 is 17.4 Å². The number of pyridine rings is 1. The molecule has 0 saturated carbocycles. The zero-order valence-electron chi connectivity index (χ0n) is 16.7. The van der Waals surface area contributed by atoms with Gasteiger partial charge in [0, 0.05) is 11.8 Å². The first-order chi connectivity index (χ1) is 14.5. The maximum Gasteiger partial charge on any atom is 0.233 e. The van der Waals surface area contributed by atoms with Crippen molar-refractivity contribution in [1.82, 2.24) is 9.38 Å². The van der Waals surface area contributed by atoms with E-state index in [-0.39, 0.29) is 23.1 Å². The number of hydrogen-bond donors (Lipinski definition) is 1. The Labute approximate surface area is 173 Å². The van der Waals surface area contributed by atoms with Crippen LogP contribution in [0.1, 0.15) is 30.4 Å². The summed E-state index contributed by atoms with van der Waals surface area (Å²) in [5.74, 6) is -2.26. The van der Waals surface area contributed by atoms with Crippen molar-refractivity contribution in [3.05, 3.63) is 89.6 Å². The number of aryl methyl sites for hydroxylation is 1. The summed E-state index contributed by atoms with van der Waals surface area (Å²) in [5.41, 5.74) is 2.58. The summed E-state index contributed by atoms with van der Waals surface area (Å²) < 4.78 is 30.1. The van der Waals surface area contributed by atoms with Crippen molar-refractivity contribution < 1.29 is 13.6 Å². The number of benzene rings is 2. The largest absolute Gasteiger partial charge is 0.309 e. The van der Waals surface area contributed by atoms with Crippen LogP contribution in [0.5, 0.6) is 0 Å². The first kappa shape index (κ1) is 19.8. The highest BCUT2D eigenvalue weighted by Gasteiger charge is 2.24. The number of carbonyl (C=O) groups excluding carboxylic acids is 1. The van der Waals surface area contributed by atoms with E-state index in [1.807, 2.05) is 56.3 Å². The lowest BCUT2D eigenvalue weighted by atomic mass is 9.95. The van der Waals surface area contributed by atoms with E-state index < -0.39 is 11.6 Å². The molecular formula is C24H21F2N3O. The Morgan fingerprint density at radius 2 is 1.87 bits per heavy atom. The van der Waals surface area contributed by atoms with Crippen LogP contribution in [-0.2, 0) is 4.79 Å². The minimum absolute atomic E-state index is 0.000544. The predicted octanol–water partition coefficient (Wildman–Crippen LogP) is 5.72. The second kappa shape index (κ2) is 8.06. The first-order valence-electron chi connectivity index (χ1n) is 9.78. The normalized spacial score (nSPS) is 12.1. The average molecular weight is 405 g/mol. The third-order valence-electron chi connectivity index (χ3n) is 5.16. The van der Waals surface area contributed by atoms with E-state index in [0.29, 0.717) is 17.9 Å². The van der Waals surface area contributed by atoms with Crippen LogP contribution < -0.4 is 5.32 Å². The van der Waals surface area contributed by atoms with Crippen molar-refractivity contribution in [2.45, 2.75) is 26.2 Å². The van der Waals surface area contributed by atoms with E-state index >= 15 is 0 Å². The minimum Gasteiger partial charge on any atom is -0.309 e. The highest BCUT2D eigenvalue weighted by molar-refractivity contribution is 5.98. The van der Waals surface area contributed by atoms with Crippen LogP contribution in [0.3, 0.4) is 0 Å². The maximum atomic E-state index is 14.6. The van der Waals surface area contributed by atoms with E-state index in [4.69, 9.17) is 0 Å². The molecule has 2 aromatic carbocycles. The number of aromatic nitrogens is 2. The van der Waals surface area contributed by atoms with E-state index in [2.05, 4.69) is 10.3 Å². The molecule has 1 atom stereocenters. The molecule has 2 heterocycles. The summed E-state index contributed by atoms with van der Waals surface area (Å²) in [6, 6.07) is 17.1. The first-order valence-corrected chi connectivity index (χ1v) is 9.78. The average Bonchev–Trinajstić information content (AvgIpc) is 3.08. The molecule has 152 valence electrons. The molecule has 0 aliphatic carbocycles. The van der Waals surface area contributed by atoms with Gasteiger partial charge in [0.2, 0.25) is 5.91 Å². The zero-order chi connectivity index (χ0) is 21.3. The van der Waals surface area contributed by atoms with Gasteiger partial charge in [0.15, 0.2) is 11.6 Å². The third kappa shape index (κ3) is 3.56. The molecule has 1 N–H and O–H groups in total. The smallest absolute Gasteiger partial charge is 0.233 e. The summed E-state index contributed by atoms with van der Waals surface area (Å²) in [5, 5.41) is 2.92. The second-order valence-corrected chi connectivity index (χ2v) is 7.20. The number of rotatable bonds is 5. The molecule has 6 heteroatoms. The topological polar surface area (TPSA) is 46.4 Å². The van der Waals surface area contributed by atoms with Gasteiger partial charge >= 0.3 is 0 Å². The van der Waals surface area contributed by atoms with Crippen LogP contribution in [0, 0.1) is 18.6 Å². The number of imidazole rings is 1. The lowest BCUT2D eigenvalue weighted by Crippen LogP contribution is -2.22. The Bertz CT molecular complexity index is 1220. The van der Waals surface area contributed by atoms with Gasteiger partial charge in [0.05, 0.1) is 5.92 Å². The van der Waals surface area contributed by atoms with Crippen LogP contribution in [-0.4, -0.2) is 15.3 Å². The molecule has 0 saturated heterocycles. The van der Waals surface area contributed by atoms with Gasteiger partial charge in [-0.2, -0.15) is 0 Å². The quantitative estimate of drug-likeness (QED) is 0.462. The molecule has 4 aromatic rings. The van der Waals surface area contributed by atoms with Gasteiger partial charge in [0.1, 0.15) is 17.2 Å². The highest BCUT2D eigenvalue weighted by atomic mass is 19.2. The Hall–Kier alpha value is -3.54. The summed E-state index contributed by atoms with van der Waals surface area (Å²) in [4.78, 5) is 17.7. The monoisotopic (exact) mass is 405 g/mol. The van der Waals surface area contributed by atoms with Gasteiger partial charge < -0.3 is 5.32 Å². The van der Waals surface area contributed by atoms with Gasteiger partial charge in [-0.15, -0.1) is 0 Å². The third-order valence-corrected chi connectivity index (χ3v) is 5.16. The summed E-state index contributed by atoms with van der Waals surface area (Å²) in [7, 11) is 0. The van der Waals surface area contributed by atoms with Crippen LogP contribution in [0.2, 0.25) is 0 Å². The molecule has 2 aromatic heterocycles. The van der Waals surface area contributed by atoms with Gasteiger partial charge in [-0.25, -0.2) is 13.8 Å². The predicted molar refractivity (Wildman–Crippen MR) is 113 cm³/mol. The lowest BCUT2D eigenvalue weighted by molar-refractivity contribution is -0.117. The van der Waals surface area contributed by atoms with Crippen LogP contribution in [0.4, 0.5) is 14.6 Å². The van der Waals surface area contributed by atoms with Crippen molar-refractivity contribution in [2.24, 2.45) is 0 Å². The molecular weight excluding hydrogens is 384 g/mol. The van der Waals surface area contributed by atoms with E-state index in [1.54, 1.807) is 10.6 Å². The van der Waals surface area contributed by atoms with Crippen molar-refractivity contribution in [3.8, 4) is 11.3 Å². The molecule has 30 heavy (non-hydrogen) atoms. The van der Waals surface area contributed by atoms with Crippen molar-refractivity contribution in [3.63, 3.8) is 0 Å². The number of amides is 1. The molecule has 0 unspecified atom stereocenters. The standard InChI is InChI=1S/C24H21F2N3O/c1-3-17(16-8-5-4-6-9-16)24(30)28-23-22(18-10-7-11-19(25)21(18)26)27-20-14-15(2)12-13-29(20)23/h4-14,17H,3H2,1-2H3,(H,28,30)/t17-/m0/s1. The molecule has 0 spiro atoms. The van der Waals surface area contributed by atoms with Crippen LogP contribution in [0.25, 0.3) is 16.9 Å². The Kier molecular flexibility index (Phi) is 5.31. The Balaban J connectivity index is 1.83. The van der Waals surface area contributed by atoms with Gasteiger partial charge in [-0.1, -0.05) is 43.3 Å². The number of carbonyl (C=O) groups is 1. The van der Waals surface area contributed by atoms with E-state index in [0.717, 1.165) is 17.2 Å². The summed E-state index contributed by atoms with van der Waals surface area (Å²) >= 11 is 0. The van der Waals surface area contributed by atoms with E-state index in [1.165, 1.54) is 12.1 Å². The molecule has 0 aliphatic rings. The molecule has 0 aliphatic heterocycles. The summed E-state index contributed by atoms with van der Waals surface area (Å²) in [6.45, 7) is 3.85. The molecule has 0 fully saturated rings. The molecule has 4 rings (SSSR count). The Morgan fingerprint density at radius 3 is 2.60 bits per heavy atom. The fourth-order valence-corrected chi connectivity index (χ4v) is 3.60. The number of nitrogens with zero attached hydrogens (tertiary/aromatic N) is 2. The number of fused-ring (bicyclic) bond motifs is 1. The molecule has 1 amide bonds. The van der Waals surface area contributed by atoms with Crippen molar-refractivity contribution in [2.75, 3.05) is 5.32 Å². The van der Waals surface area contributed by atoms with Crippen LogP contribution in [0.15, 0.2) is 66.9 Å². The van der Waals surface area contributed by atoms with Gasteiger partial charge in [-0.05, 0) is 48.7 Å². The van der Waals surface area contributed by atoms with Crippen molar-refractivity contribution in [1.29, 1.82) is 0 Å². The number of hydrogen-bond acceptors (Lipinski definition) is 2. The molecule has 0 radical (unpaired) electrons. The maximum absolute atomic E-state index is 14.6. The van der Waals surface area contributed by atoms with Crippen LogP contribution >= 0.6 is 0 Å². The number of nitrogens with one attached hydrogen (secondary N) is 1. The minimum atomic E-state index is -0.997. The number of halogens is 2. The molecule has 4 nitrogen and oxygen atoms in total. The summed E-state index contributed by atoms with van der Waals surface area (Å²) in [6.07, 6.45) is 2.35. The lowest BCUT2D eigenvalue weighted by Gasteiger charge is -2.16.